The maximum atomic E-state index is 12.7. The predicted octanol–water partition coefficient (Wildman–Crippen LogP) is 1.31. The molecule has 5 nitrogen and oxygen atoms in total. The monoisotopic (exact) mass is 323 g/mol. The highest BCUT2D eigenvalue weighted by Crippen LogP contribution is 2.24. The van der Waals surface area contributed by atoms with E-state index in [1.54, 1.807) is 0 Å². The first-order valence-corrected chi connectivity index (χ1v) is 9.62. The van der Waals surface area contributed by atoms with Gasteiger partial charge < -0.3 is 10.0 Å². The van der Waals surface area contributed by atoms with Crippen molar-refractivity contribution in [1.29, 1.82) is 0 Å². The molecule has 5 heteroatoms. The second-order valence-corrected chi connectivity index (χ2v) is 7.55. The van der Waals surface area contributed by atoms with E-state index >= 15 is 0 Å². The van der Waals surface area contributed by atoms with Crippen molar-refractivity contribution in [2.45, 2.75) is 70.1 Å². The minimum Gasteiger partial charge on any atom is -0.391 e. The minimum absolute atomic E-state index is 0.00605. The topological polar surface area (TPSA) is 47.0 Å². The molecule has 2 aliphatic heterocycles. The first-order valence-electron chi connectivity index (χ1n) is 9.62. The van der Waals surface area contributed by atoms with Crippen molar-refractivity contribution in [1.82, 2.24) is 14.7 Å². The number of piperazine rings is 1. The molecular formula is C18H33N3O2. The van der Waals surface area contributed by atoms with E-state index in [1.165, 1.54) is 19.3 Å². The van der Waals surface area contributed by atoms with Gasteiger partial charge in [0.25, 0.3) is 0 Å². The quantitative estimate of drug-likeness (QED) is 0.851. The third-order valence-corrected chi connectivity index (χ3v) is 6.08. The van der Waals surface area contributed by atoms with Crippen LogP contribution in [0.2, 0.25) is 0 Å². The summed E-state index contributed by atoms with van der Waals surface area (Å²) in [4.78, 5) is 19.5. The normalized spacial score (nSPS) is 32.7. The lowest BCUT2D eigenvalue weighted by atomic mass is 9.91. The van der Waals surface area contributed by atoms with Crippen LogP contribution in [0.3, 0.4) is 0 Å². The highest BCUT2D eigenvalue weighted by atomic mass is 16.3. The molecule has 23 heavy (non-hydrogen) atoms. The molecule has 1 saturated carbocycles. The van der Waals surface area contributed by atoms with Crippen molar-refractivity contribution in [2.24, 2.45) is 0 Å². The lowest BCUT2D eigenvalue weighted by Crippen LogP contribution is -2.58. The largest absolute Gasteiger partial charge is 0.391 e. The Kier molecular flexibility index (Phi) is 5.94. The molecule has 3 rings (SSSR count). The van der Waals surface area contributed by atoms with Crippen molar-refractivity contribution in [3.8, 4) is 0 Å². The lowest BCUT2D eigenvalue weighted by Gasteiger charge is -2.44. The van der Waals surface area contributed by atoms with Gasteiger partial charge in [-0.25, -0.2) is 0 Å². The Bertz CT molecular complexity index is 390. The number of hydrogen-bond acceptors (Lipinski definition) is 4. The average Bonchev–Trinajstić information content (AvgIpc) is 2.62. The van der Waals surface area contributed by atoms with Crippen LogP contribution in [0.15, 0.2) is 0 Å². The minimum atomic E-state index is -0.150. The second kappa shape index (κ2) is 7.95. The van der Waals surface area contributed by atoms with Gasteiger partial charge in [0.2, 0.25) is 5.91 Å². The third kappa shape index (κ3) is 4.06. The second-order valence-electron chi connectivity index (χ2n) is 7.55. The highest BCUT2D eigenvalue weighted by Gasteiger charge is 2.34. The molecule has 0 aromatic carbocycles. The smallest absolute Gasteiger partial charge is 0.239 e. The first-order chi connectivity index (χ1) is 11.2. The van der Waals surface area contributed by atoms with E-state index in [4.69, 9.17) is 0 Å². The van der Waals surface area contributed by atoms with Gasteiger partial charge in [-0.15, -0.1) is 0 Å². The number of hydrogen-bond donors (Lipinski definition) is 1. The molecule has 3 fully saturated rings. The number of rotatable bonds is 3. The fraction of sp³-hybridized carbons (Fsp3) is 0.944. The summed E-state index contributed by atoms with van der Waals surface area (Å²) < 4.78 is 0. The summed E-state index contributed by atoms with van der Waals surface area (Å²) >= 11 is 0. The van der Waals surface area contributed by atoms with Crippen molar-refractivity contribution >= 4 is 5.91 Å². The number of nitrogens with zero attached hydrogens (tertiary/aromatic N) is 3. The van der Waals surface area contributed by atoms with Crippen molar-refractivity contribution in [2.75, 3.05) is 39.3 Å². The van der Waals surface area contributed by atoms with Crippen LogP contribution in [-0.4, -0.2) is 83.2 Å². The van der Waals surface area contributed by atoms with E-state index in [0.717, 1.165) is 65.0 Å². The molecule has 1 amide bonds. The molecule has 132 valence electrons. The van der Waals surface area contributed by atoms with Crippen LogP contribution in [0.4, 0.5) is 0 Å². The number of likely N-dealkylation sites (tertiary alicyclic amines) is 1. The van der Waals surface area contributed by atoms with Crippen molar-refractivity contribution in [3.63, 3.8) is 0 Å². The van der Waals surface area contributed by atoms with Crippen molar-refractivity contribution < 1.29 is 9.90 Å². The Labute approximate surface area is 140 Å². The van der Waals surface area contributed by atoms with Crippen LogP contribution in [0, 0.1) is 0 Å². The van der Waals surface area contributed by atoms with Gasteiger partial charge in [0.1, 0.15) is 0 Å². The van der Waals surface area contributed by atoms with Crippen LogP contribution in [0.1, 0.15) is 51.9 Å². The number of carbonyl (C=O) groups is 1. The molecule has 0 aromatic heterocycles. The average molecular weight is 323 g/mol. The SMILES string of the molecule is CC(C(=O)N1CCCCC1)N1CCN(C2CCCCC2O)CC1. The van der Waals surface area contributed by atoms with E-state index in [9.17, 15) is 9.90 Å². The van der Waals surface area contributed by atoms with Crippen LogP contribution in [-0.2, 0) is 4.79 Å². The Morgan fingerprint density at radius 1 is 0.913 bits per heavy atom. The molecule has 0 bridgehead atoms. The Balaban J connectivity index is 1.48. The summed E-state index contributed by atoms with van der Waals surface area (Å²) in [5.41, 5.74) is 0. The number of piperidine rings is 1. The predicted molar refractivity (Wildman–Crippen MR) is 91.3 cm³/mol. The first kappa shape index (κ1) is 17.2. The number of carbonyl (C=O) groups excluding carboxylic acids is 1. The van der Waals surface area contributed by atoms with E-state index in [0.29, 0.717) is 11.9 Å². The summed E-state index contributed by atoms with van der Waals surface area (Å²) in [6.45, 7) is 7.82. The fourth-order valence-corrected chi connectivity index (χ4v) is 4.51. The lowest BCUT2D eigenvalue weighted by molar-refractivity contribution is -0.138. The maximum Gasteiger partial charge on any atom is 0.239 e. The summed E-state index contributed by atoms with van der Waals surface area (Å²) in [6, 6.07) is 0.352. The van der Waals surface area contributed by atoms with Gasteiger partial charge in [-0.3, -0.25) is 14.6 Å². The molecule has 0 spiro atoms. The number of aliphatic hydroxyl groups is 1. The zero-order chi connectivity index (χ0) is 16.2. The molecule has 0 aromatic rings. The van der Waals surface area contributed by atoms with E-state index in [-0.39, 0.29) is 12.1 Å². The van der Waals surface area contributed by atoms with Crippen LogP contribution in [0.25, 0.3) is 0 Å². The number of aliphatic hydroxyl groups excluding tert-OH is 1. The molecule has 2 saturated heterocycles. The molecule has 3 atom stereocenters. The molecule has 3 aliphatic rings. The summed E-state index contributed by atoms with van der Waals surface area (Å²) in [5, 5.41) is 10.2. The standard InChI is InChI=1S/C18H33N3O2/c1-15(18(23)21-9-5-2-6-10-21)19-11-13-20(14-12-19)16-7-3-4-8-17(16)22/h15-17,22H,2-14H2,1H3. The third-order valence-electron chi connectivity index (χ3n) is 6.08. The van der Waals surface area contributed by atoms with Crippen LogP contribution in [0.5, 0.6) is 0 Å². The number of amides is 1. The molecule has 3 unspecified atom stereocenters. The Morgan fingerprint density at radius 2 is 1.57 bits per heavy atom. The maximum absolute atomic E-state index is 12.7. The highest BCUT2D eigenvalue weighted by molar-refractivity contribution is 5.81. The molecule has 1 aliphatic carbocycles. The molecule has 0 radical (unpaired) electrons. The van der Waals surface area contributed by atoms with Gasteiger partial charge in [-0.2, -0.15) is 0 Å². The van der Waals surface area contributed by atoms with Crippen LogP contribution >= 0.6 is 0 Å². The molecule has 2 heterocycles. The van der Waals surface area contributed by atoms with E-state index in [2.05, 4.69) is 21.6 Å². The van der Waals surface area contributed by atoms with Gasteiger partial charge in [-0.1, -0.05) is 12.8 Å². The van der Waals surface area contributed by atoms with Crippen LogP contribution < -0.4 is 0 Å². The summed E-state index contributed by atoms with van der Waals surface area (Å²) in [5.74, 6) is 0.316. The molecule has 1 N–H and O–H groups in total. The fourth-order valence-electron chi connectivity index (χ4n) is 4.51. The molecular weight excluding hydrogens is 290 g/mol. The van der Waals surface area contributed by atoms with Gasteiger partial charge in [-0.05, 0) is 39.0 Å². The van der Waals surface area contributed by atoms with Gasteiger partial charge in [0, 0.05) is 45.3 Å². The Hall–Kier alpha value is -0.650. The summed E-state index contributed by atoms with van der Waals surface area (Å²) in [6.07, 6.45) is 7.92. The van der Waals surface area contributed by atoms with Crippen molar-refractivity contribution in [3.05, 3.63) is 0 Å². The van der Waals surface area contributed by atoms with E-state index < -0.39 is 0 Å². The van der Waals surface area contributed by atoms with Gasteiger partial charge in [0.15, 0.2) is 0 Å². The van der Waals surface area contributed by atoms with E-state index in [1.807, 2.05) is 0 Å². The summed E-state index contributed by atoms with van der Waals surface area (Å²) in [7, 11) is 0. The Morgan fingerprint density at radius 3 is 2.22 bits per heavy atom. The zero-order valence-corrected chi connectivity index (χ0v) is 14.6. The van der Waals surface area contributed by atoms with Gasteiger partial charge >= 0.3 is 0 Å². The van der Waals surface area contributed by atoms with Gasteiger partial charge in [0.05, 0.1) is 12.1 Å². The zero-order valence-electron chi connectivity index (χ0n) is 14.6.